The van der Waals surface area contributed by atoms with Crippen LogP contribution >= 0.6 is 11.6 Å². The summed E-state index contributed by atoms with van der Waals surface area (Å²) in [6.45, 7) is 0. The van der Waals surface area contributed by atoms with Crippen LogP contribution in [0.5, 0.6) is 0 Å². The molecule has 0 aliphatic heterocycles. The van der Waals surface area contributed by atoms with Crippen LogP contribution in [0.4, 0.5) is 10.1 Å². The van der Waals surface area contributed by atoms with Gasteiger partial charge in [0.25, 0.3) is 0 Å². The number of anilines is 1. The first kappa shape index (κ1) is 11.2. The highest BCUT2D eigenvalue weighted by Gasteiger charge is 2.34. The molecule has 2 atom stereocenters. The van der Waals surface area contributed by atoms with Crippen LogP contribution in [0.1, 0.15) is 24.3 Å². The standard InChI is InChI=1S/C12H12ClFN2/c1-16-8-4-10(12(13)11(14)5-8)9-3-2-7(9)6-15/h4-5,7,9,16H,2-3H2,1H3. The van der Waals surface area contributed by atoms with Crippen molar-refractivity contribution in [3.63, 3.8) is 0 Å². The van der Waals surface area contributed by atoms with Crippen LogP contribution in [0.3, 0.4) is 0 Å². The molecule has 2 unspecified atom stereocenters. The van der Waals surface area contributed by atoms with E-state index < -0.39 is 5.82 Å². The maximum Gasteiger partial charge on any atom is 0.144 e. The van der Waals surface area contributed by atoms with E-state index in [2.05, 4.69) is 11.4 Å². The Balaban J connectivity index is 2.40. The minimum atomic E-state index is -0.424. The van der Waals surface area contributed by atoms with Gasteiger partial charge in [0.15, 0.2) is 0 Å². The lowest BCUT2D eigenvalue weighted by Gasteiger charge is -2.32. The van der Waals surface area contributed by atoms with Crippen molar-refractivity contribution < 1.29 is 4.39 Å². The number of nitrogens with one attached hydrogen (secondary N) is 1. The molecule has 1 aromatic carbocycles. The highest BCUT2D eigenvalue weighted by atomic mass is 35.5. The summed E-state index contributed by atoms with van der Waals surface area (Å²) in [7, 11) is 1.73. The van der Waals surface area contributed by atoms with Gasteiger partial charge in [0.1, 0.15) is 5.82 Å². The van der Waals surface area contributed by atoms with Crippen LogP contribution in [0, 0.1) is 23.1 Å². The lowest BCUT2D eigenvalue weighted by atomic mass is 9.71. The maximum absolute atomic E-state index is 13.5. The predicted molar refractivity (Wildman–Crippen MR) is 62.0 cm³/mol. The van der Waals surface area contributed by atoms with Gasteiger partial charge in [0.05, 0.1) is 17.0 Å². The first-order valence-corrected chi connectivity index (χ1v) is 5.61. The van der Waals surface area contributed by atoms with Crippen molar-refractivity contribution >= 4 is 17.3 Å². The quantitative estimate of drug-likeness (QED) is 0.856. The van der Waals surface area contributed by atoms with Gasteiger partial charge in [-0.3, -0.25) is 0 Å². The molecule has 2 rings (SSSR count). The summed E-state index contributed by atoms with van der Waals surface area (Å²) in [5.74, 6) is -0.364. The molecule has 1 fully saturated rings. The fraction of sp³-hybridized carbons (Fsp3) is 0.417. The third kappa shape index (κ3) is 1.74. The Labute approximate surface area is 99.0 Å². The zero-order chi connectivity index (χ0) is 11.7. The number of benzene rings is 1. The summed E-state index contributed by atoms with van der Waals surface area (Å²) < 4.78 is 13.5. The minimum Gasteiger partial charge on any atom is -0.388 e. The van der Waals surface area contributed by atoms with Gasteiger partial charge in [-0.05, 0) is 30.5 Å². The molecular formula is C12H12ClFN2. The second-order valence-electron chi connectivity index (χ2n) is 4.03. The molecule has 1 N–H and O–H groups in total. The van der Waals surface area contributed by atoms with Gasteiger partial charge in [-0.15, -0.1) is 0 Å². The van der Waals surface area contributed by atoms with E-state index in [4.69, 9.17) is 16.9 Å². The van der Waals surface area contributed by atoms with Crippen LogP contribution in [0.15, 0.2) is 12.1 Å². The Kier molecular flexibility index (Phi) is 3.02. The molecule has 4 heteroatoms. The highest BCUT2D eigenvalue weighted by Crippen LogP contribution is 2.45. The van der Waals surface area contributed by atoms with Gasteiger partial charge >= 0.3 is 0 Å². The highest BCUT2D eigenvalue weighted by molar-refractivity contribution is 6.31. The molecule has 16 heavy (non-hydrogen) atoms. The summed E-state index contributed by atoms with van der Waals surface area (Å²) in [4.78, 5) is 0. The number of rotatable bonds is 2. The van der Waals surface area contributed by atoms with Crippen LogP contribution < -0.4 is 5.32 Å². The maximum atomic E-state index is 13.5. The lowest BCUT2D eigenvalue weighted by Crippen LogP contribution is -2.22. The number of hydrogen-bond acceptors (Lipinski definition) is 2. The monoisotopic (exact) mass is 238 g/mol. The van der Waals surface area contributed by atoms with E-state index in [1.165, 1.54) is 6.07 Å². The number of halogens is 2. The van der Waals surface area contributed by atoms with Crippen molar-refractivity contribution in [3.05, 3.63) is 28.5 Å². The van der Waals surface area contributed by atoms with Gasteiger partial charge in [0, 0.05) is 18.7 Å². The molecule has 0 radical (unpaired) electrons. The van der Waals surface area contributed by atoms with E-state index >= 15 is 0 Å². The molecule has 1 aliphatic carbocycles. The molecule has 0 saturated heterocycles. The molecule has 0 bridgehead atoms. The molecular weight excluding hydrogens is 227 g/mol. The molecule has 84 valence electrons. The number of nitrogens with zero attached hydrogens (tertiary/aromatic N) is 1. The SMILES string of the molecule is CNc1cc(F)c(Cl)c(C2CCC2C#N)c1. The lowest BCUT2D eigenvalue weighted by molar-refractivity contribution is 0.324. The average Bonchev–Trinajstić information content (AvgIpc) is 2.23. The van der Waals surface area contributed by atoms with Crippen molar-refractivity contribution in [2.75, 3.05) is 12.4 Å². The predicted octanol–water partition coefficient (Wildman–Crippen LogP) is 3.54. The Morgan fingerprint density at radius 3 is 2.75 bits per heavy atom. The van der Waals surface area contributed by atoms with E-state index in [1.54, 1.807) is 7.05 Å². The second-order valence-corrected chi connectivity index (χ2v) is 4.41. The van der Waals surface area contributed by atoms with E-state index in [9.17, 15) is 4.39 Å². The summed E-state index contributed by atoms with van der Waals surface area (Å²) in [6, 6.07) is 5.43. The van der Waals surface area contributed by atoms with Gasteiger partial charge in [-0.2, -0.15) is 5.26 Å². The van der Waals surface area contributed by atoms with Gasteiger partial charge in [0.2, 0.25) is 0 Å². The molecule has 1 aromatic rings. The van der Waals surface area contributed by atoms with Crippen LogP contribution in [0.2, 0.25) is 5.02 Å². The molecule has 2 nitrogen and oxygen atoms in total. The molecule has 0 spiro atoms. The van der Waals surface area contributed by atoms with Gasteiger partial charge in [-0.1, -0.05) is 11.6 Å². The molecule has 0 heterocycles. The first-order valence-electron chi connectivity index (χ1n) is 5.23. The smallest absolute Gasteiger partial charge is 0.144 e. The summed E-state index contributed by atoms with van der Waals surface area (Å²) in [6.07, 6.45) is 1.79. The fourth-order valence-corrected chi connectivity index (χ4v) is 2.30. The van der Waals surface area contributed by atoms with E-state index in [1.807, 2.05) is 6.07 Å². The number of nitriles is 1. The Morgan fingerprint density at radius 2 is 2.25 bits per heavy atom. The third-order valence-electron chi connectivity index (χ3n) is 3.18. The summed E-state index contributed by atoms with van der Waals surface area (Å²) in [5.41, 5.74) is 1.45. The first-order chi connectivity index (χ1) is 7.67. The molecule has 0 aromatic heterocycles. The summed E-state index contributed by atoms with van der Waals surface area (Å²) in [5, 5.41) is 11.9. The van der Waals surface area contributed by atoms with Gasteiger partial charge < -0.3 is 5.32 Å². The zero-order valence-electron chi connectivity index (χ0n) is 8.93. The summed E-state index contributed by atoms with van der Waals surface area (Å²) >= 11 is 5.94. The largest absolute Gasteiger partial charge is 0.388 e. The normalized spacial score (nSPS) is 23.4. The van der Waals surface area contributed by atoms with Crippen LogP contribution in [-0.4, -0.2) is 7.05 Å². The third-order valence-corrected chi connectivity index (χ3v) is 3.58. The molecule has 1 saturated carbocycles. The van der Waals surface area contributed by atoms with Crippen molar-refractivity contribution in [2.45, 2.75) is 18.8 Å². The van der Waals surface area contributed by atoms with Crippen molar-refractivity contribution in [1.29, 1.82) is 5.26 Å². The van der Waals surface area contributed by atoms with Crippen molar-refractivity contribution in [2.24, 2.45) is 5.92 Å². The fourth-order valence-electron chi connectivity index (χ4n) is 2.05. The van der Waals surface area contributed by atoms with E-state index in [-0.39, 0.29) is 16.9 Å². The van der Waals surface area contributed by atoms with E-state index in [0.717, 1.165) is 18.4 Å². The topological polar surface area (TPSA) is 35.8 Å². The Hall–Kier alpha value is -1.27. The van der Waals surface area contributed by atoms with Crippen LogP contribution in [0.25, 0.3) is 0 Å². The second kappa shape index (κ2) is 4.31. The van der Waals surface area contributed by atoms with E-state index in [0.29, 0.717) is 5.69 Å². The number of hydrogen-bond donors (Lipinski definition) is 1. The van der Waals surface area contributed by atoms with Crippen molar-refractivity contribution in [3.8, 4) is 6.07 Å². The Morgan fingerprint density at radius 1 is 1.50 bits per heavy atom. The minimum absolute atomic E-state index is 0.0241. The van der Waals surface area contributed by atoms with Crippen molar-refractivity contribution in [1.82, 2.24) is 0 Å². The van der Waals surface area contributed by atoms with Gasteiger partial charge in [-0.25, -0.2) is 4.39 Å². The Bertz CT molecular complexity index is 453. The molecule has 1 aliphatic rings. The average molecular weight is 239 g/mol. The molecule has 0 amide bonds. The zero-order valence-corrected chi connectivity index (χ0v) is 9.68. The van der Waals surface area contributed by atoms with Crippen LogP contribution in [-0.2, 0) is 0 Å².